The monoisotopic (exact) mass is 125 g/mol. The van der Waals surface area contributed by atoms with Crippen LogP contribution < -0.4 is 0 Å². The molecule has 0 aromatic rings. The summed E-state index contributed by atoms with van der Waals surface area (Å²) in [5.74, 6) is 0. The minimum atomic E-state index is 0.782. The van der Waals surface area contributed by atoms with Crippen molar-refractivity contribution in [2.45, 2.75) is 13.8 Å². The van der Waals surface area contributed by atoms with Crippen LogP contribution in [0.1, 0.15) is 13.8 Å². The number of hydrogen-bond donors (Lipinski definition) is 0. The van der Waals surface area contributed by atoms with Crippen LogP contribution in [0.3, 0.4) is 0 Å². The van der Waals surface area contributed by atoms with E-state index in [1.165, 1.54) is 0 Å². The molecule has 0 rings (SSSR count). The zero-order chi connectivity index (χ0) is 7.11. The minimum Gasteiger partial charge on any atom is -0.292 e. The maximum Gasteiger partial charge on any atom is 0.0777 e. The lowest BCUT2D eigenvalue weighted by Gasteiger charge is -1.82. The third-order valence-electron chi connectivity index (χ3n) is 0.689. The topological polar surface area (TPSA) is 37.1 Å². The third-order valence-corrected chi connectivity index (χ3v) is 0.689. The quantitative estimate of drug-likeness (QED) is 0.401. The molecule has 3 nitrogen and oxygen atoms in total. The van der Waals surface area contributed by atoms with Crippen LogP contribution in [-0.4, -0.2) is 25.2 Å². The first-order valence-corrected chi connectivity index (χ1v) is 2.81. The van der Waals surface area contributed by atoms with Crippen LogP contribution in [0, 0.1) is 0 Å². The Morgan fingerprint density at radius 1 is 1.67 bits per heavy atom. The van der Waals surface area contributed by atoms with Gasteiger partial charge in [0.2, 0.25) is 0 Å². The molecule has 0 saturated carbocycles. The third kappa shape index (κ3) is 4.87. The summed E-state index contributed by atoms with van der Waals surface area (Å²) >= 11 is 0. The van der Waals surface area contributed by atoms with Gasteiger partial charge < -0.3 is 0 Å². The van der Waals surface area contributed by atoms with Crippen molar-refractivity contribution in [3.8, 4) is 0 Å². The van der Waals surface area contributed by atoms with Crippen molar-refractivity contribution < 1.29 is 0 Å². The first-order valence-electron chi connectivity index (χ1n) is 2.81. The number of hydrogen-bond acceptors (Lipinski definition) is 3. The Morgan fingerprint density at radius 3 is 2.78 bits per heavy atom. The average Bonchev–Trinajstić information content (AvgIpc) is 1.85. The molecule has 50 valence electrons. The summed E-state index contributed by atoms with van der Waals surface area (Å²) in [4.78, 5) is 3.95. The van der Waals surface area contributed by atoms with E-state index in [0.29, 0.717) is 0 Å². The maximum atomic E-state index is 3.95. The summed E-state index contributed by atoms with van der Waals surface area (Å²) in [5.41, 5.74) is 0.784. The molecule has 0 N–H and O–H groups in total. The molecular formula is C6H11N3. The second kappa shape index (κ2) is 5.15. The predicted octanol–water partition coefficient (Wildman–Crippen LogP) is 1.15. The Balaban J connectivity index is 3.74. The molecule has 0 spiro atoms. The second-order valence-corrected chi connectivity index (χ2v) is 1.51. The molecule has 0 radical (unpaired) electrons. The summed E-state index contributed by atoms with van der Waals surface area (Å²) in [6.07, 6.45) is 1.68. The van der Waals surface area contributed by atoms with Crippen molar-refractivity contribution in [2.24, 2.45) is 15.2 Å². The zero-order valence-corrected chi connectivity index (χ0v) is 5.83. The minimum absolute atomic E-state index is 0.782. The Hall–Kier alpha value is -0.990. The van der Waals surface area contributed by atoms with Crippen LogP contribution in [0.25, 0.3) is 0 Å². The van der Waals surface area contributed by atoms with Crippen molar-refractivity contribution in [2.75, 3.05) is 6.54 Å². The molecular weight excluding hydrogens is 114 g/mol. The second-order valence-electron chi connectivity index (χ2n) is 1.51. The van der Waals surface area contributed by atoms with Crippen molar-refractivity contribution in [1.82, 2.24) is 0 Å². The summed E-state index contributed by atoms with van der Waals surface area (Å²) < 4.78 is 0. The Bertz CT molecular complexity index is 135. The lowest BCUT2D eigenvalue weighted by molar-refractivity contribution is 1.14. The van der Waals surface area contributed by atoms with Gasteiger partial charge in [0, 0.05) is 19.5 Å². The van der Waals surface area contributed by atoms with Crippen molar-refractivity contribution in [3.05, 3.63) is 0 Å². The molecule has 0 aromatic carbocycles. The molecule has 0 atom stereocenters. The molecule has 0 aromatic heterocycles. The Morgan fingerprint density at radius 2 is 2.33 bits per heavy atom. The summed E-state index contributed by atoms with van der Waals surface area (Å²) in [7, 11) is 0. The van der Waals surface area contributed by atoms with Crippen LogP contribution in [0.4, 0.5) is 0 Å². The molecule has 0 aliphatic rings. The van der Waals surface area contributed by atoms with Gasteiger partial charge in [-0.1, -0.05) is 0 Å². The lowest BCUT2D eigenvalue weighted by Crippen LogP contribution is -1.90. The van der Waals surface area contributed by atoms with Crippen LogP contribution >= 0.6 is 0 Å². The molecule has 9 heavy (non-hydrogen) atoms. The smallest absolute Gasteiger partial charge is 0.0777 e. The van der Waals surface area contributed by atoms with Crippen LogP contribution in [0.2, 0.25) is 0 Å². The van der Waals surface area contributed by atoms with Gasteiger partial charge in [0.05, 0.1) is 5.71 Å². The van der Waals surface area contributed by atoms with Crippen LogP contribution in [0.5, 0.6) is 0 Å². The number of aliphatic imine (C=N–C) groups is 1. The normalized spacial score (nSPS) is 12.4. The van der Waals surface area contributed by atoms with E-state index in [-0.39, 0.29) is 0 Å². The van der Waals surface area contributed by atoms with E-state index in [0.717, 1.165) is 12.3 Å². The fraction of sp³-hybridized carbons (Fsp3) is 0.500. The van der Waals surface area contributed by atoms with Crippen LogP contribution in [0.15, 0.2) is 15.2 Å². The van der Waals surface area contributed by atoms with Gasteiger partial charge in [0.25, 0.3) is 0 Å². The molecule has 3 heteroatoms. The lowest BCUT2D eigenvalue weighted by atomic mass is 10.5. The summed E-state index contributed by atoms with van der Waals surface area (Å²) in [5, 5.41) is 6.98. The largest absolute Gasteiger partial charge is 0.292 e. The van der Waals surface area contributed by atoms with E-state index in [2.05, 4.69) is 21.9 Å². The molecule has 0 fully saturated rings. The first kappa shape index (κ1) is 8.01. The van der Waals surface area contributed by atoms with Crippen molar-refractivity contribution >= 4 is 18.6 Å². The standard InChI is InChI=1S/C6H11N3/c1-4-8-5-6(2)9-7-3/h5H,3-4H2,1-2H3/b8-5?,9-6+. The van der Waals surface area contributed by atoms with Gasteiger partial charge in [0.15, 0.2) is 0 Å². The zero-order valence-electron chi connectivity index (χ0n) is 5.83. The first-order chi connectivity index (χ1) is 4.31. The number of nitrogens with zero attached hydrogens (tertiary/aromatic N) is 3. The average molecular weight is 125 g/mol. The predicted molar refractivity (Wildman–Crippen MR) is 41.7 cm³/mol. The molecule has 0 heterocycles. The fourth-order valence-electron chi connectivity index (χ4n) is 0.361. The van der Waals surface area contributed by atoms with Gasteiger partial charge in [-0.15, -0.1) is 0 Å². The van der Waals surface area contributed by atoms with Gasteiger partial charge in [-0.25, -0.2) is 0 Å². The summed E-state index contributed by atoms with van der Waals surface area (Å²) in [6, 6.07) is 0. The molecule has 0 amide bonds. The summed E-state index contributed by atoms with van der Waals surface area (Å²) in [6.45, 7) is 7.78. The highest BCUT2D eigenvalue weighted by Gasteiger charge is 1.78. The van der Waals surface area contributed by atoms with Gasteiger partial charge >= 0.3 is 0 Å². The molecule has 0 aliphatic carbocycles. The highest BCUT2D eigenvalue weighted by Crippen LogP contribution is 1.73. The highest BCUT2D eigenvalue weighted by atomic mass is 15.2. The van der Waals surface area contributed by atoms with Gasteiger partial charge in [-0.3, -0.25) is 4.99 Å². The highest BCUT2D eigenvalue weighted by molar-refractivity contribution is 6.29. The van der Waals surface area contributed by atoms with E-state index < -0.39 is 0 Å². The van der Waals surface area contributed by atoms with Gasteiger partial charge in [0.1, 0.15) is 0 Å². The van der Waals surface area contributed by atoms with E-state index in [4.69, 9.17) is 0 Å². The van der Waals surface area contributed by atoms with Gasteiger partial charge in [-0.2, -0.15) is 10.2 Å². The number of rotatable bonds is 3. The molecule has 0 unspecified atom stereocenters. The van der Waals surface area contributed by atoms with Crippen molar-refractivity contribution in [3.63, 3.8) is 0 Å². The van der Waals surface area contributed by atoms with E-state index in [1.54, 1.807) is 6.21 Å². The SMILES string of the molecule is C=N/N=C(\C)C=NCC. The maximum absolute atomic E-state index is 3.95. The Labute approximate surface area is 55.2 Å². The van der Waals surface area contributed by atoms with E-state index >= 15 is 0 Å². The van der Waals surface area contributed by atoms with Crippen molar-refractivity contribution in [1.29, 1.82) is 0 Å². The van der Waals surface area contributed by atoms with E-state index in [1.807, 2.05) is 13.8 Å². The Kier molecular flexibility index (Phi) is 4.59. The van der Waals surface area contributed by atoms with Crippen LogP contribution in [-0.2, 0) is 0 Å². The van der Waals surface area contributed by atoms with E-state index in [9.17, 15) is 0 Å². The fourth-order valence-corrected chi connectivity index (χ4v) is 0.361. The molecule has 0 bridgehead atoms. The van der Waals surface area contributed by atoms with Gasteiger partial charge in [-0.05, 0) is 13.8 Å². The molecule has 0 saturated heterocycles. The molecule has 0 aliphatic heterocycles.